The summed E-state index contributed by atoms with van der Waals surface area (Å²) in [5.74, 6) is 2.97. The van der Waals surface area contributed by atoms with Gasteiger partial charge in [0.05, 0.1) is 7.11 Å². The molecular weight excluding hydrogens is 352 g/mol. The van der Waals surface area contributed by atoms with E-state index in [1.165, 1.54) is 5.56 Å². The van der Waals surface area contributed by atoms with Crippen LogP contribution in [0.3, 0.4) is 0 Å². The number of hydrogen-bond acceptors (Lipinski definition) is 5. The van der Waals surface area contributed by atoms with E-state index in [-0.39, 0.29) is 5.92 Å². The van der Waals surface area contributed by atoms with E-state index in [0.717, 1.165) is 50.4 Å². The maximum Gasteiger partial charge on any atom is 0.225 e. The lowest BCUT2D eigenvalue weighted by Crippen LogP contribution is -2.53. The van der Waals surface area contributed by atoms with Crippen LogP contribution in [-0.2, 0) is 0 Å². The molecule has 0 spiro atoms. The lowest BCUT2D eigenvalue weighted by Gasteiger charge is -2.36. The lowest BCUT2D eigenvalue weighted by molar-refractivity contribution is 0.369. The molecule has 7 nitrogen and oxygen atoms in total. The highest BCUT2D eigenvalue weighted by Crippen LogP contribution is 2.26. The number of benzene rings is 1. The third-order valence-corrected chi connectivity index (χ3v) is 4.93. The van der Waals surface area contributed by atoms with E-state index >= 15 is 0 Å². The summed E-state index contributed by atoms with van der Waals surface area (Å²) >= 11 is 0. The number of anilines is 1. The Morgan fingerprint density at radius 1 is 1.14 bits per heavy atom. The Kier molecular flexibility index (Phi) is 7.06. The summed E-state index contributed by atoms with van der Waals surface area (Å²) < 4.78 is 5.50. The van der Waals surface area contributed by atoms with Gasteiger partial charge in [-0.05, 0) is 24.6 Å². The summed E-state index contributed by atoms with van der Waals surface area (Å²) in [5.41, 5.74) is 1.19. The Labute approximate surface area is 167 Å². The predicted octanol–water partition coefficient (Wildman–Crippen LogP) is 2.38. The number of methoxy groups -OCH3 is 1. The molecule has 3 rings (SSSR count). The van der Waals surface area contributed by atoms with Gasteiger partial charge in [-0.1, -0.05) is 25.1 Å². The molecule has 0 radical (unpaired) electrons. The monoisotopic (exact) mass is 382 g/mol. The molecule has 0 bridgehead atoms. The standard InChI is InChI=1S/C21H30N6O/c1-4-22-20(25-16-17(2)18-8-5-6-9-19(18)28-3)26-12-14-27(15-13-26)21-23-10-7-11-24-21/h5-11,17H,4,12-16H2,1-3H3,(H,22,25). The van der Waals surface area contributed by atoms with Gasteiger partial charge in [0, 0.05) is 57.6 Å². The molecule has 1 N–H and O–H groups in total. The molecule has 150 valence electrons. The van der Waals surface area contributed by atoms with E-state index < -0.39 is 0 Å². The second-order valence-corrected chi connectivity index (χ2v) is 6.86. The van der Waals surface area contributed by atoms with Crippen molar-refractivity contribution in [3.8, 4) is 5.75 Å². The fraction of sp³-hybridized carbons (Fsp3) is 0.476. The first-order valence-corrected chi connectivity index (χ1v) is 9.91. The fourth-order valence-electron chi connectivity index (χ4n) is 3.39. The van der Waals surface area contributed by atoms with Crippen LogP contribution in [0.2, 0.25) is 0 Å². The second kappa shape index (κ2) is 9.92. The Morgan fingerprint density at radius 2 is 1.86 bits per heavy atom. The number of hydrogen-bond donors (Lipinski definition) is 1. The molecule has 0 aliphatic carbocycles. The highest BCUT2D eigenvalue weighted by molar-refractivity contribution is 5.80. The molecule has 2 heterocycles. The first kappa shape index (κ1) is 19.9. The fourth-order valence-corrected chi connectivity index (χ4v) is 3.39. The van der Waals surface area contributed by atoms with Crippen LogP contribution >= 0.6 is 0 Å². The van der Waals surface area contributed by atoms with Crippen LogP contribution in [0.1, 0.15) is 25.3 Å². The van der Waals surface area contributed by atoms with Crippen LogP contribution in [0.15, 0.2) is 47.7 Å². The maximum absolute atomic E-state index is 5.50. The van der Waals surface area contributed by atoms with Gasteiger partial charge in [-0.3, -0.25) is 4.99 Å². The first-order valence-electron chi connectivity index (χ1n) is 9.91. The normalized spacial score (nSPS) is 16.0. The minimum absolute atomic E-state index is 0.281. The first-order chi connectivity index (χ1) is 13.7. The van der Waals surface area contributed by atoms with Crippen LogP contribution in [0, 0.1) is 0 Å². The smallest absolute Gasteiger partial charge is 0.225 e. The summed E-state index contributed by atoms with van der Waals surface area (Å²) in [6, 6.07) is 10.0. The summed E-state index contributed by atoms with van der Waals surface area (Å²) in [7, 11) is 1.72. The Hall–Kier alpha value is -2.83. The van der Waals surface area contributed by atoms with Crippen LogP contribution in [-0.4, -0.2) is 67.2 Å². The van der Waals surface area contributed by atoms with Gasteiger partial charge in [0.25, 0.3) is 0 Å². The van der Waals surface area contributed by atoms with Gasteiger partial charge in [0.15, 0.2) is 5.96 Å². The van der Waals surface area contributed by atoms with Gasteiger partial charge < -0.3 is 19.9 Å². The topological polar surface area (TPSA) is 65.9 Å². The maximum atomic E-state index is 5.50. The Bertz CT molecular complexity index is 759. The molecule has 0 saturated carbocycles. The number of nitrogens with zero attached hydrogens (tertiary/aromatic N) is 5. The minimum Gasteiger partial charge on any atom is -0.496 e. The van der Waals surface area contributed by atoms with Gasteiger partial charge in [-0.15, -0.1) is 0 Å². The zero-order chi connectivity index (χ0) is 19.8. The van der Waals surface area contributed by atoms with E-state index in [2.05, 4.69) is 45.0 Å². The van der Waals surface area contributed by atoms with Crippen molar-refractivity contribution in [1.29, 1.82) is 0 Å². The van der Waals surface area contributed by atoms with E-state index in [9.17, 15) is 0 Å². The minimum atomic E-state index is 0.281. The van der Waals surface area contributed by atoms with E-state index in [1.54, 1.807) is 19.5 Å². The van der Waals surface area contributed by atoms with Crippen molar-refractivity contribution in [2.45, 2.75) is 19.8 Å². The van der Waals surface area contributed by atoms with Crippen LogP contribution in [0.5, 0.6) is 5.75 Å². The number of nitrogens with one attached hydrogen (secondary N) is 1. The highest BCUT2D eigenvalue weighted by atomic mass is 16.5. The third kappa shape index (κ3) is 4.91. The average molecular weight is 383 g/mol. The molecule has 1 aromatic carbocycles. The number of ether oxygens (including phenoxy) is 1. The third-order valence-electron chi connectivity index (χ3n) is 4.93. The van der Waals surface area contributed by atoms with Gasteiger partial charge in [0.2, 0.25) is 5.95 Å². The van der Waals surface area contributed by atoms with Crippen molar-refractivity contribution >= 4 is 11.9 Å². The summed E-state index contributed by atoms with van der Waals surface area (Å²) in [6.45, 7) is 9.42. The van der Waals surface area contributed by atoms with Crippen LogP contribution in [0.25, 0.3) is 0 Å². The molecule has 0 amide bonds. The molecular formula is C21H30N6O. The van der Waals surface area contributed by atoms with Gasteiger partial charge in [-0.2, -0.15) is 0 Å². The number of aliphatic imine (C=N–C) groups is 1. The van der Waals surface area contributed by atoms with E-state index in [4.69, 9.17) is 9.73 Å². The molecule has 1 aliphatic heterocycles. The van der Waals surface area contributed by atoms with Gasteiger partial charge in [-0.25, -0.2) is 9.97 Å². The molecule has 1 aliphatic rings. The average Bonchev–Trinajstić information content (AvgIpc) is 2.77. The number of para-hydroxylation sites is 1. The largest absolute Gasteiger partial charge is 0.496 e. The molecule has 2 aromatic rings. The number of guanidine groups is 1. The molecule has 1 fully saturated rings. The second-order valence-electron chi connectivity index (χ2n) is 6.86. The molecule has 1 saturated heterocycles. The van der Waals surface area contributed by atoms with Crippen molar-refractivity contribution in [2.75, 3.05) is 51.3 Å². The molecule has 1 atom stereocenters. The molecule has 7 heteroatoms. The SMILES string of the molecule is CCNC(=NCC(C)c1ccccc1OC)N1CCN(c2ncccn2)CC1. The van der Waals surface area contributed by atoms with Gasteiger partial charge >= 0.3 is 0 Å². The van der Waals surface area contributed by atoms with Gasteiger partial charge in [0.1, 0.15) is 5.75 Å². The summed E-state index contributed by atoms with van der Waals surface area (Å²) in [4.78, 5) is 18.2. The number of rotatable bonds is 6. The Morgan fingerprint density at radius 3 is 2.54 bits per heavy atom. The van der Waals surface area contributed by atoms with Crippen molar-refractivity contribution in [1.82, 2.24) is 20.2 Å². The quantitative estimate of drug-likeness (QED) is 0.611. The van der Waals surface area contributed by atoms with E-state index in [1.807, 2.05) is 24.3 Å². The van der Waals surface area contributed by atoms with Crippen molar-refractivity contribution in [3.63, 3.8) is 0 Å². The summed E-state index contributed by atoms with van der Waals surface area (Å²) in [6.07, 6.45) is 3.58. The van der Waals surface area contributed by atoms with Crippen LogP contribution < -0.4 is 15.0 Å². The van der Waals surface area contributed by atoms with E-state index in [0.29, 0.717) is 6.54 Å². The highest BCUT2D eigenvalue weighted by Gasteiger charge is 2.21. The Balaban J connectivity index is 1.63. The lowest BCUT2D eigenvalue weighted by atomic mass is 10.0. The number of piperazine rings is 1. The predicted molar refractivity (Wildman–Crippen MR) is 113 cm³/mol. The molecule has 28 heavy (non-hydrogen) atoms. The van der Waals surface area contributed by atoms with Crippen molar-refractivity contribution in [2.24, 2.45) is 4.99 Å². The summed E-state index contributed by atoms with van der Waals surface area (Å²) in [5, 5.41) is 3.44. The molecule has 1 unspecified atom stereocenters. The van der Waals surface area contributed by atoms with Crippen molar-refractivity contribution in [3.05, 3.63) is 48.3 Å². The zero-order valence-corrected chi connectivity index (χ0v) is 17.0. The number of aromatic nitrogens is 2. The van der Waals surface area contributed by atoms with Crippen LogP contribution in [0.4, 0.5) is 5.95 Å². The zero-order valence-electron chi connectivity index (χ0n) is 17.0. The van der Waals surface area contributed by atoms with Crippen molar-refractivity contribution < 1.29 is 4.74 Å². The molecule has 1 aromatic heterocycles.